The van der Waals surface area contributed by atoms with Crippen LogP contribution in [-0.2, 0) is 4.79 Å². The average Bonchev–Trinajstić information content (AvgIpc) is 3.12. The number of hydrogen-bond acceptors (Lipinski definition) is 3. The number of carbonyl (C=O) groups excluding carboxylic acids is 1. The van der Waals surface area contributed by atoms with E-state index in [1.807, 2.05) is 61.0 Å². The molecule has 0 spiro atoms. The third kappa shape index (κ3) is 4.11. The van der Waals surface area contributed by atoms with Crippen molar-refractivity contribution in [3.63, 3.8) is 0 Å². The molecule has 2 heterocycles. The van der Waals surface area contributed by atoms with Crippen LogP contribution in [0.5, 0.6) is 5.75 Å². The van der Waals surface area contributed by atoms with Gasteiger partial charge in [-0.15, -0.1) is 0 Å². The van der Waals surface area contributed by atoms with E-state index in [9.17, 15) is 9.18 Å². The van der Waals surface area contributed by atoms with E-state index in [4.69, 9.17) is 4.74 Å². The van der Waals surface area contributed by atoms with Gasteiger partial charge in [0.2, 0.25) is 0 Å². The molecule has 4 aromatic rings. The number of halogens is 1. The second-order valence-electron chi connectivity index (χ2n) is 6.89. The Hall–Kier alpha value is -3.67. The molecule has 0 aliphatic rings. The van der Waals surface area contributed by atoms with Crippen LogP contribution in [0, 0.1) is 19.7 Å². The molecule has 0 saturated carbocycles. The largest absolute Gasteiger partial charge is 0.481 e. The number of aromatic nitrogens is 2. The molecule has 5 nitrogen and oxygen atoms in total. The Balaban J connectivity index is 1.51. The molecule has 4 rings (SSSR count). The maximum absolute atomic E-state index is 13.6. The molecule has 1 N–H and O–H groups in total. The summed E-state index contributed by atoms with van der Waals surface area (Å²) in [4.78, 5) is 17.0. The third-order valence-electron chi connectivity index (χ3n) is 4.62. The van der Waals surface area contributed by atoms with Crippen LogP contribution < -0.4 is 10.1 Å². The minimum Gasteiger partial charge on any atom is -0.481 e. The Morgan fingerprint density at radius 3 is 2.79 bits per heavy atom. The minimum atomic E-state index is -0.499. The lowest BCUT2D eigenvalue weighted by Gasteiger charge is -2.11. The van der Waals surface area contributed by atoms with E-state index < -0.39 is 5.82 Å². The van der Waals surface area contributed by atoms with E-state index in [0.29, 0.717) is 5.69 Å². The Morgan fingerprint density at radius 1 is 1.14 bits per heavy atom. The lowest BCUT2D eigenvalue weighted by molar-refractivity contribution is -0.118. The predicted molar refractivity (Wildman–Crippen MR) is 111 cm³/mol. The first-order chi connectivity index (χ1) is 14.0. The highest BCUT2D eigenvalue weighted by Crippen LogP contribution is 2.25. The lowest BCUT2D eigenvalue weighted by atomic mass is 10.1. The molecule has 1 amide bonds. The van der Waals surface area contributed by atoms with Gasteiger partial charge >= 0.3 is 0 Å². The highest BCUT2D eigenvalue weighted by atomic mass is 19.1. The molecular weight excluding hydrogens is 369 g/mol. The van der Waals surface area contributed by atoms with Gasteiger partial charge in [-0.05, 0) is 55.3 Å². The van der Waals surface area contributed by atoms with Crippen molar-refractivity contribution in [2.75, 3.05) is 11.9 Å². The number of carbonyl (C=O) groups is 1. The van der Waals surface area contributed by atoms with Crippen LogP contribution in [0.25, 0.3) is 16.9 Å². The molecule has 0 saturated heterocycles. The zero-order chi connectivity index (χ0) is 20.4. The first kappa shape index (κ1) is 18.7. The van der Waals surface area contributed by atoms with Crippen LogP contribution in [0.4, 0.5) is 10.1 Å². The summed E-state index contributed by atoms with van der Waals surface area (Å²) in [5, 5.41) is 2.83. The Bertz CT molecular complexity index is 1200. The van der Waals surface area contributed by atoms with Crippen LogP contribution in [0.3, 0.4) is 0 Å². The number of aryl methyl sites for hydroxylation is 2. The van der Waals surface area contributed by atoms with Gasteiger partial charge in [-0.2, -0.15) is 0 Å². The molecule has 6 heteroatoms. The summed E-state index contributed by atoms with van der Waals surface area (Å²) in [5.41, 5.74) is 5.28. The number of pyridine rings is 1. The Kier molecular flexibility index (Phi) is 4.99. The molecular formula is C23H20FN3O2. The number of ether oxygens (including phenoxy) is 1. The van der Waals surface area contributed by atoms with Gasteiger partial charge in [0.1, 0.15) is 5.65 Å². The van der Waals surface area contributed by atoms with Crippen molar-refractivity contribution in [1.82, 2.24) is 9.38 Å². The summed E-state index contributed by atoms with van der Waals surface area (Å²) < 4.78 is 20.9. The van der Waals surface area contributed by atoms with E-state index in [0.717, 1.165) is 28.0 Å². The maximum atomic E-state index is 13.6. The van der Waals surface area contributed by atoms with Crippen LogP contribution in [0.2, 0.25) is 0 Å². The van der Waals surface area contributed by atoms with Gasteiger partial charge in [-0.3, -0.25) is 4.79 Å². The van der Waals surface area contributed by atoms with Gasteiger partial charge in [0, 0.05) is 23.6 Å². The first-order valence-corrected chi connectivity index (χ1v) is 9.23. The van der Waals surface area contributed by atoms with Crippen LogP contribution in [0.15, 0.2) is 67.0 Å². The standard InChI is InChI=1S/C23H20FN3O2/c1-15-9-10-27-13-20(25-22(27)11-15)17-8-7-16(2)19(12-17)26-23(28)14-29-21-6-4-3-5-18(21)24/h3-13H,14H2,1-2H3,(H,26,28). The number of para-hydroxylation sites is 1. The van der Waals surface area contributed by atoms with E-state index in [-0.39, 0.29) is 18.3 Å². The number of nitrogens with one attached hydrogen (secondary N) is 1. The molecule has 0 unspecified atom stereocenters. The summed E-state index contributed by atoms with van der Waals surface area (Å²) in [5.74, 6) is -0.812. The fraction of sp³-hybridized carbons (Fsp3) is 0.130. The van der Waals surface area contributed by atoms with Gasteiger partial charge in [0.15, 0.2) is 18.2 Å². The van der Waals surface area contributed by atoms with Crippen molar-refractivity contribution < 1.29 is 13.9 Å². The molecule has 2 aromatic carbocycles. The van der Waals surface area contributed by atoms with E-state index in [1.54, 1.807) is 12.1 Å². The van der Waals surface area contributed by atoms with Crippen molar-refractivity contribution in [2.24, 2.45) is 0 Å². The van der Waals surface area contributed by atoms with Gasteiger partial charge in [0.25, 0.3) is 5.91 Å². The SMILES string of the molecule is Cc1ccn2cc(-c3ccc(C)c(NC(=O)COc4ccccc4F)c3)nc2c1. The fourth-order valence-corrected chi connectivity index (χ4v) is 3.03. The van der Waals surface area contributed by atoms with Crippen LogP contribution in [-0.4, -0.2) is 21.9 Å². The number of nitrogens with zero attached hydrogens (tertiary/aromatic N) is 2. The molecule has 0 radical (unpaired) electrons. The van der Waals surface area contributed by atoms with E-state index >= 15 is 0 Å². The fourth-order valence-electron chi connectivity index (χ4n) is 3.03. The van der Waals surface area contributed by atoms with Crippen molar-refractivity contribution in [3.05, 3.63) is 83.9 Å². The predicted octanol–water partition coefficient (Wildman–Crippen LogP) is 4.77. The molecule has 146 valence electrons. The lowest BCUT2D eigenvalue weighted by Crippen LogP contribution is -2.21. The summed E-state index contributed by atoms with van der Waals surface area (Å²) >= 11 is 0. The molecule has 0 fully saturated rings. The number of benzene rings is 2. The Labute approximate surface area is 167 Å². The first-order valence-electron chi connectivity index (χ1n) is 9.23. The quantitative estimate of drug-likeness (QED) is 0.535. The molecule has 0 aliphatic heterocycles. The Morgan fingerprint density at radius 2 is 1.97 bits per heavy atom. The second kappa shape index (κ2) is 7.75. The van der Waals surface area contributed by atoms with Crippen molar-refractivity contribution >= 4 is 17.2 Å². The third-order valence-corrected chi connectivity index (χ3v) is 4.62. The molecule has 29 heavy (non-hydrogen) atoms. The average molecular weight is 389 g/mol. The zero-order valence-corrected chi connectivity index (χ0v) is 16.1. The minimum absolute atomic E-state index is 0.0492. The smallest absolute Gasteiger partial charge is 0.262 e. The molecule has 2 aromatic heterocycles. The summed E-state index contributed by atoms with van der Waals surface area (Å²) in [7, 11) is 0. The molecule has 0 atom stereocenters. The monoisotopic (exact) mass is 389 g/mol. The van der Waals surface area contributed by atoms with Crippen molar-refractivity contribution in [2.45, 2.75) is 13.8 Å². The van der Waals surface area contributed by atoms with Crippen molar-refractivity contribution in [1.29, 1.82) is 0 Å². The van der Waals surface area contributed by atoms with Crippen molar-refractivity contribution in [3.8, 4) is 17.0 Å². The number of rotatable bonds is 5. The van der Waals surface area contributed by atoms with Gasteiger partial charge in [0.05, 0.1) is 5.69 Å². The maximum Gasteiger partial charge on any atom is 0.262 e. The van der Waals surface area contributed by atoms with Gasteiger partial charge in [-0.25, -0.2) is 9.37 Å². The summed E-state index contributed by atoms with van der Waals surface area (Å²) in [6.45, 7) is 3.65. The van der Waals surface area contributed by atoms with Gasteiger partial charge < -0.3 is 14.5 Å². The zero-order valence-electron chi connectivity index (χ0n) is 16.1. The van der Waals surface area contributed by atoms with Crippen LogP contribution >= 0.6 is 0 Å². The summed E-state index contributed by atoms with van der Waals surface area (Å²) in [6, 6.07) is 15.8. The van der Waals surface area contributed by atoms with E-state index in [2.05, 4.69) is 10.3 Å². The van der Waals surface area contributed by atoms with E-state index in [1.165, 1.54) is 12.1 Å². The normalized spacial score (nSPS) is 10.9. The van der Waals surface area contributed by atoms with Crippen LogP contribution in [0.1, 0.15) is 11.1 Å². The number of imidazole rings is 1. The second-order valence-corrected chi connectivity index (χ2v) is 6.89. The number of anilines is 1. The number of amides is 1. The summed E-state index contributed by atoms with van der Waals surface area (Å²) in [6.07, 6.45) is 3.92. The molecule has 0 bridgehead atoms. The number of hydrogen-bond donors (Lipinski definition) is 1. The topological polar surface area (TPSA) is 55.6 Å². The highest BCUT2D eigenvalue weighted by Gasteiger charge is 2.11. The van der Waals surface area contributed by atoms with Gasteiger partial charge in [-0.1, -0.05) is 24.3 Å². The highest BCUT2D eigenvalue weighted by molar-refractivity contribution is 5.93. The number of fused-ring (bicyclic) bond motifs is 1. The molecule has 0 aliphatic carbocycles.